The Morgan fingerprint density at radius 2 is 2.00 bits per heavy atom. The minimum Gasteiger partial charge on any atom is -0.388 e. The van der Waals surface area contributed by atoms with E-state index in [2.05, 4.69) is 40.6 Å². The Kier molecular flexibility index (Phi) is 2.46. The quantitative estimate of drug-likeness (QED) is 0.784. The van der Waals surface area contributed by atoms with Gasteiger partial charge in [-0.1, -0.05) is 12.1 Å². The second-order valence-corrected chi connectivity index (χ2v) is 3.72. The zero-order valence-electron chi connectivity index (χ0n) is 9.26. The monoisotopic (exact) mass is 201 g/mol. The summed E-state index contributed by atoms with van der Waals surface area (Å²) < 4.78 is 0. The van der Waals surface area contributed by atoms with Crippen molar-refractivity contribution < 1.29 is 0 Å². The molecule has 0 fully saturated rings. The normalized spacial score (nSPS) is 10.3. The molecule has 0 aliphatic heterocycles. The molecule has 0 aliphatic rings. The van der Waals surface area contributed by atoms with Crippen LogP contribution >= 0.6 is 0 Å². The molecule has 1 aromatic carbocycles. The van der Waals surface area contributed by atoms with Crippen LogP contribution in [0.4, 0.5) is 5.69 Å². The average Bonchev–Trinajstić information content (AvgIpc) is 2.66. The largest absolute Gasteiger partial charge is 0.388 e. The lowest BCUT2D eigenvalue weighted by atomic mass is 10.1. The molecule has 0 bridgehead atoms. The number of aromatic nitrogens is 2. The number of nitrogens with zero attached hydrogens (tertiary/aromatic N) is 1. The summed E-state index contributed by atoms with van der Waals surface area (Å²) in [5.41, 5.74) is 5.59. The van der Waals surface area contributed by atoms with Crippen molar-refractivity contribution in [2.75, 3.05) is 12.4 Å². The minimum atomic E-state index is 0.990. The minimum absolute atomic E-state index is 0.990. The third kappa shape index (κ3) is 1.86. The lowest BCUT2D eigenvalue weighted by Gasteiger charge is -2.06. The Balaban J connectivity index is 2.45. The topological polar surface area (TPSA) is 40.7 Å². The molecule has 3 heteroatoms. The number of anilines is 1. The van der Waals surface area contributed by atoms with Gasteiger partial charge in [-0.25, -0.2) is 0 Å². The van der Waals surface area contributed by atoms with Crippen molar-refractivity contribution in [3.63, 3.8) is 0 Å². The van der Waals surface area contributed by atoms with Crippen LogP contribution < -0.4 is 5.32 Å². The standard InChI is InChI=1S/C12H15N3/c1-8-4-5-10(7-11(8)13-3)12-6-9(2)14-15-12/h4-7,13H,1-3H3,(H,14,15). The zero-order chi connectivity index (χ0) is 10.8. The molecular formula is C12H15N3. The van der Waals surface area contributed by atoms with E-state index >= 15 is 0 Å². The lowest BCUT2D eigenvalue weighted by Crippen LogP contribution is -1.92. The molecule has 2 aromatic rings. The molecule has 0 radical (unpaired) electrons. The molecule has 2 rings (SSSR count). The van der Waals surface area contributed by atoms with Gasteiger partial charge < -0.3 is 5.32 Å². The van der Waals surface area contributed by atoms with Crippen LogP contribution in [0.15, 0.2) is 24.3 Å². The van der Waals surface area contributed by atoms with Gasteiger partial charge in [0.05, 0.1) is 5.69 Å². The van der Waals surface area contributed by atoms with Gasteiger partial charge in [0.15, 0.2) is 0 Å². The van der Waals surface area contributed by atoms with Crippen molar-refractivity contribution in [1.82, 2.24) is 10.2 Å². The first-order valence-electron chi connectivity index (χ1n) is 5.01. The molecule has 1 aromatic heterocycles. The van der Waals surface area contributed by atoms with Crippen LogP contribution in [0.3, 0.4) is 0 Å². The number of aromatic amines is 1. The van der Waals surface area contributed by atoms with Gasteiger partial charge in [-0.15, -0.1) is 0 Å². The van der Waals surface area contributed by atoms with Crippen LogP contribution in [-0.2, 0) is 0 Å². The average molecular weight is 201 g/mol. The number of hydrogen-bond acceptors (Lipinski definition) is 2. The van der Waals surface area contributed by atoms with Crippen LogP contribution in [0.5, 0.6) is 0 Å². The first-order valence-corrected chi connectivity index (χ1v) is 5.01. The van der Waals surface area contributed by atoms with E-state index in [1.165, 1.54) is 5.56 Å². The van der Waals surface area contributed by atoms with Gasteiger partial charge in [0.2, 0.25) is 0 Å². The second-order valence-electron chi connectivity index (χ2n) is 3.72. The third-order valence-electron chi connectivity index (χ3n) is 2.51. The number of nitrogens with one attached hydrogen (secondary N) is 2. The summed E-state index contributed by atoms with van der Waals surface area (Å²) in [7, 11) is 1.93. The zero-order valence-corrected chi connectivity index (χ0v) is 9.26. The van der Waals surface area contributed by atoms with E-state index in [4.69, 9.17) is 0 Å². The van der Waals surface area contributed by atoms with Gasteiger partial charge in [0.1, 0.15) is 0 Å². The van der Waals surface area contributed by atoms with E-state index in [0.717, 1.165) is 22.6 Å². The third-order valence-corrected chi connectivity index (χ3v) is 2.51. The van der Waals surface area contributed by atoms with Crippen LogP contribution in [0.1, 0.15) is 11.3 Å². The highest BCUT2D eigenvalue weighted by Crippen LogP contribution is 2.23. The fraction of sp³-hybridized carbons (Fsp3) is 0.250. The molecule has 78 valence electrons. The molecular weight excluding hydrogens is 186 g/mol. The summed E-state index contributed by atoms with van der Waals surface area (Å²) in [6.07, 6.45) is 0. The Morgan fingerprint density at radius 3 is 2.60 bits per heavy atom. The fourth-order valence-electron chi connectivity index (χ4n) is 1.62. The molecule has 0 amide bonds. The highest BCUT2D eigenvalue weighted by Gasteiger charge is 2.03. The Labute approximate surface area is 89.5 Å². The first-order chi connectivity index (χ1) is 7.20. The highest BCUT2D eigenvalue weighted by molar-refractivity contribution is 5.67. The molecule has 0 unspecified atom stereocenters. The maximum absolute atomic E-state index is 4.24. The molecule has 0 aliphatic carbocycles. The van der Waals surface area contributed by atoms with E-state index in [-0.39, 0.29) is 0 Å². The Hall–Kier alpha value is -1.77. The van der Waals surface area contributed by atoms with E-state index in [1.54, 1.807) is 0 Å². The van der Waals surface area contributed by atoms with Crippen LogP contribution in [0.25, 0.3) is 11.3 Å². The molecule has 0 atom stereocenters. The van der Waals surface area contributed by atoms with Crippen molar-refractivity contribution in [1.29, 1.82) is 0 Å². The SMILES string of the molecule is CNc1cc(-c2cc(C)[nH]n2)ccc1C. The maximum atomic E-state index is 4.24. The number of H-pyrrole nitrogens is 1. The number of benzene rings is 1. The summed E-state index contributed by atoms with van der Waals surface area (Å²) >= 11 is 0. The summed E-state index contributed by atoms with van der Waals surface area (Å²) in [5, 5.41) is 10.4. The van der Waals surface area contributed by atoms with Crippen LogP contribution in [0.2, 0.25) is 0 Å². The molecule has 0 saturated carbocycles. The number of rotatable bonds is 2. The Morgan fingerprint density at radius 1 is 1.20 bits per heavy atom. The predicted octanol–water partition coefficient (Wildman–Crippen LogP) is 2.74. The van der Waals surface area contributed by atoms with Gasteiger partial charge in [0, 0.05) is 24.0 Å². The van der Waals surface area contributed by atoms with E-state index < -0.39 is 0 Å². The smallest absolute Gasteiger partial charge is 0.0924 e. The van der Waals surface area contributed by atoms with Gasteiger partial charge in [0.25, 0.3) is 0 Å². The van der Waals surface area contributed by atoms with Crippen molar-refractivity contribution >= 4 is 5.69 Å². The van der Waals surface area contributed by atoms with Gasteiger partial charge >= 0.3 is 0 Å². The number of hydrogen-bond donors (Lipinski definition) is 2. The van der Waals surface area contributed by atoms with Crippen molar-refractivity contribution in [3.05, 3.63) is 35.5 Å². The lowest BCUT2D eigenvalue weighted by molar-refractivity contribution is 1.05. The molecule has 2 N–H and O–H groups in total. The molecule has 3 nitrogen and oxygen atoms in total. The first kappa shape index (κ1) is 9.77. The summed E-state index contributed by atoms with van der Waals surface area (Å²) in [6.45, 7) is 4.09. The van der Waals surface area contributed by atoms with E-state index in [9.17, 15) is 0 Å². The summed E-state index contributed by atoms with van der Waals surface area (Å²) in [6, 6.07) is 8.35. The predicted molar refractivity (Wildman–Crippen MR) is 63.0 cm³/mol. The second kappa shape index (κ2) is 3.77. The molecule has 0 spiro atoms. The van der Waals surface area contributed by atoms with E-state index in [1.807, 2.05) is 20.0 Å². The van der Waals surface area contributed by atoms with Gasteiger partial charge in [-0.3, -0.25) is 5.10 Å². The van der Waals surface area contributed by atoms with Crippen molar-refractivity contribution in [2.45, 2.75) is 13.8 Å². The van der Waals surface area contributed by atoms with Gasteiger partial charge in [-0.05, 0) is 31.5 Å². The number of aryl methyl sites for hydroxylation is 2. The van der Waals surface area contributed by atoms with Crippen molar-refractivity contribution in [2.24, 2.45) is 0 Å². The summed E-state index contributed by atoms with van der Waals surface area (Å²) in [4.78, 5) is 0. The highest BCUT2D eigenvalue weighted by atomic mass is 15.1. The van der Waals surface area contributed by atoms with Crippen molar-refractivity contribution in [3.8, 4) is 11.3 Å². The Bertz CT molecular complexity index is 471. The van der Waals surface area contributed by atoms with Gasteiger partial charge in [-0.2, -0.15) is 5.10 Å². The van der Waals surface area contributed by atoms with Crippen LogP contribution in [-0.4, -0.2) is 17.2 Å². The fourth-order valence-corrected chi connectivity index (χ4v) is 1.62. The maximum Gasteiger partial charge on any atom is 0.0924 e. The molecule has 0 saturated heterocycles. The molecule has 1 heterocycles. The molecule has 15 heavy (non-hydrogen) atoms. The van der Waals surface area contributed by atoms with E-state index in [0.29, 0.717) is 0 Å². The van der Waals surface area contributed by atoms with Crippen LogP contribution in [0, 0.1) is 13.8 Å². The summed E-state index contributed by atoms with van der Waals surface area (Å²) in [5.74, 6) is 0.